The summed E-state index contributed by atoms with van der Waals surface area (Å²) in [7, 11) is 1.84. The monoisotopic (exact) mass is 390 g/mol. The molecule has 150 valence electrons. The van der Waals surface area contributed by atoms with E-state index in [1.54, 1.807) is 12.3 Å². The summed E-state index contributed by atoms with van der Waals surface area (Å²) in [5.74, 6) is -0.388. The maximum Gasteiger partial charge on any atom is 0.261 e. The van der Waals surface area contributed by atoms with E-state index in [9.17, 15) is 9.59 Å². The molecule has 3 aromatic rings. The van der Waals surface area contributed by atoms with Crippen LogP contribution in [0.15, 0.2) is 59.5 Å². The van der Waals surface area contributed by atoms with Gasteiger partial charge in [-0.3, -0.25) is 9.59 Å². The summed E-state index contributed by atoms with van der Waals surface area (Å²) in [6.45, 7) is 7.43. The summed E-state index contributed by atoms with van der Waals surface area (Å²) >= 11 is 0. The number of hydrogen-bond donors (Lipinski definition) is 1. The molecule has 0 aliphatic carbocycles. The van der Waals surface area contributed by atoms with Crippen molar-refractivity contribution in [3.05, 3.63) is 70.5 Å². The highest BCUT2D eigenvalue weighted by molar-refractivity contribution is 6.05. The quantitative estimate of drug-likeness (QED) is 0.744. The van der Waals surface area contributed by atoms with Crippen LogP contribution < -0.4 is 15.6 Å². The Kier molecular flexibility index (Phi) is 5.36. The largest absolute Gasteiger partial charge is 0.369 e. The van der Waals surface area contributed by atoms with Gasteiger partial charge >= 0.3 is 0 Å². The van der Waals surface area contributed by atoms with Gasteiger partial charge in [0.1, 0.15) is 5.56 Å². The van der Waals surface area contributed by atoms with Crippen LogP contribution in [0.1, 0.15) is 17.3 Å². The molecule has 0 saturated carbocycles. The Morgan fingerprint density at radius 1 is 1.00 bits per heavy atom. The number of likely N-dealkylation sites (N-methyl/N-ethyl adjacent to an activating group) is 1. The van der Waals surface area contributed by atoms with Crippen LogP contribution >= 0.6 is 0 Å². The predicted octanol–water partition coefficient (Wildman–Crippen LogP) is 2.93. The molecular weight excluding hydrogens is 364 g/mol. The lowest BCUT2D eigenvalue weighted by atomic mass is 10.1. The molecule has 1 saturated heterocycles. The summed E-state index contributed by atoms with van der Waals surface area (Å²) < 4.78 is 1.81. The smallest absolute Gasteiger partial charge is 0.261 e. The zero-order valence-electron chi connectivity index (χ0n) is 16.9. The first-order valence-corrected chi connectivity index (χ1v) is 10.0. The van der Waals surface area contributed by atoms with Crippen LogP contribution in [-0.4, -0.2) is 48.1 Å². The number of benzene rings is 2. The third-order valence-corrected chi connectivity index (χ3v) is 5.65. The number of aryl methyl sites for hydroxylation is 1. The van der Waals surface area contributed by atoms with Crippen molar-refractivity contribution in [2.75, 3.05) is 42.9 Å². The van der Waals surface area contributed by atoms with E-state index < -0.39 is 0 Å². The summed E-state index contributed by atoms with van der Waals surface area (Å²) in [5, 5.41) is 3.40. The van der Waals surface area contributed by atoms with Crippen LogP contribution in [0.4, 0.5) is 11.4 Å². The number of para-hydroxylation sites is 1. The Hall–Kier alpha value is -3.12. The van der Waals surface area contributed by atoms with Crippen molar-refractivity contribution in [1.82, 2.24) is 9.47 Å². The normalized spacial score (nSPS) is 14.9. The number of aromatic nitrogens is 1. The fourth-order valence-corrected chi connectivity index (χ4v) is 3.88. The Balaban J connectivity index is 1.50. The third kappa shape index (κ3) is 3.89. The van der Waals surface area contributed by atoms with Crippen LogP contribution in [-0.2, 0) is 7.05 Å². The number of carbonyl (C=O) groups is 1. The highest BCUT2D eigenvalue weighted by Gasteiger charge is 2.17. The zero-order valence-corrected chi connectivity index (χ0v) is 16.9. The number of pyridine rings is 1. The van der Waals surface area contributed by atoms with Gasteiger partial charge in [0.05, 0.1) is 5.52 Å². The molecule has 1 fully saturated rings. The number of fused-ring (bicyclic) bond motifs is 1. The first-order chi connectivity index (χ1) is 14.1. The lowest BCUT2D eigenvalue weighted by molar-refractivity contribution is 0.102. The molecule has 0 atom stereocenters. The minimum absolute atomic E-state index is 0.144. The summed E-state index contributed by atoms with van der Waals surface area (Å²) in [6, 6.07) is 15.1. The van der Waals surface area contributed by atoms with Gasteiger partial charge in [-0.05, 0) is 42.9 Å². The van der Waals surface area contributed by atoms with E-state index in [0.717, 1.165) is 43.9 Å². The Labute approximate surface area is 170 Å². The zero-order chi connectivity index (χ0) is 20.4. The standard InChI is InChI=1S/C23H26N4O2/c1-3-26-12-14-27(15-13-26)18-10-8-17(9-11-18)24-23(29)20-16-25(2)21-7-5-4-6-19(21)22(20)28/h4-11,16H,3,12-15H2,1-2H3,(H,24,29). The Bertz CT molecular complexity index is 1080. The number of amides is 1. The van der Waals surface area contributed by atoms with Crippen LogP contribution in [0.2, 0.25) is 0 Å². The maximum absolute atomic E-state index is 12.7. The van der Waals surface area contributed by atoms with Crippen molar-refractivity contribution in [2.45, 2.75) is 6.92 Å². The molecule has 1 aromatic heterocycles. The van der Waals surface area contributed by atoms with E-state index in [1.807, 2.05) is 54.1 Å². The van der Waals surface area contributed by atoms with Crippen molar-refractivity contribution in [1.29, 1.82) is 0 Å². The fraction of sp³-hybridized carbons (Fsp3) is 0.304. The topological polar surface area (TPSA) is 57.6 Å². The highest BCUT2D eigenvalue weighted by atomic mass is 16.2. The number of nitrogens with one attached hydrogen (secondary N) is 1. The average molecular weight is 390 g/mol. The third-order valence-electron chi connectivity index (χ3n) is 5.65. The van der Waals surface area contributed by atoms with Crippen LogP contribution in [0.25, 0.3) is 10.9 Å². The number of anilines is 2. The second-order valence-electron chi connectivity index (χ2n) is 7.42. The molecule has 0 bridgehead atoms. The molecule has 0 radical (unpaired) electrons. The predicted molar refractivity (Wildman–Crippen MR) is 118 cm³/mol. The average Bonchev–Trinajstić information content (AvgIpc) is 2.77. The summed E-state index contributed by atoms with van der Waals surface area (Å²) in [4.78, 5) is 30.3. The number of rotatable bonds is 4. The molecule has 2 heterocycles. The molecule has 1 aliphatic heterocycles. The van der Waals surface area contributed by atoms with Gasteiger partial charge in [-0.25, -0.2) is 0 Å². The molecule has 6 heteroatoms. The number of nitrogens with zero attached hydrogens (tertiary/aromatic N) is 3. The van der Waals surface area contributed by atoms with Gasteiger partial charge in [0.25, 0.3) is 5.91 Å². The lowest BCUT2D eigenvalue weighted by Crippen LogP contribution is -2.46. The summed E-state index contributed by atoms with van der Waals surface area (Å²) in [5.41, 5.74) is 2.54. The van der Waals surface area contributed by atoms with Gasteiger partial charge in [0.2, 0.25) is 5.43 Å². The van der Waals surface area contributed by atoms with E-state index in [1.165, 1.54) is 0 Å². The van der Waals surface area contributed by atoms with Crippen molar-refractivity contribution in [3.8, 4) is 0 Å². The van der Waals surface area contributed by atoms with E-state index in [0.29, 0.717) is 11.1 Å². The minimum Gasteiger partial charge on any atom is -0.369 e. The van der Waals surface area contributed by atoms with Crippen LogP contribution in [0.5, 0.6) is 0 Å². The van der Waals surface area contributed by atoms with E-state index in [-0.39, 0.29) is 16.9 Å². The van der Waals surface area contributed by atoms with Crippen LogP contribution in [0.3, 0.4) is 0 Å². The number of hydrogen-bond acceptors (Lipinski definition) is 4. The van der Waals surface area contributed by atoms with Gasteiger partial charge < -0.3 is 19.7 Å². The van der Waals surface area contributed by atoms with E-state index in [4.69, 9.17) is 0 Å². The maximum atomic E-state index is 12.7. The van der Waals surface area contributed by atoms with Gasteiger partial charge in [-0.1, -0.05) is 19.1 Å². The molecule has 29 heavy (non-hydrogen) atoms. The van der Waals surface area contributed by atoms with Crippen LogP contribution in [0, 0.1) is 0 Å². The molecule has 6 nitrogen and oxygen atoms in total. The van der Waals surface area contributed by atoms with Crippen molar-refractivity contribution >= 4 is 28.2 Å². The molecule has 1 amide bonds. The van der Waals surface area contributed by atoms with Crippen molar-refractivity contribution in [2.24, 2.45) is 7.05 Å². The molecule has 2 aromatic carbocycles. The van der Waals surface area contributed by atoms with E-state index in [2.05, 4.69) is 22.0 Å². The van der Waals surface area contributed by atoms with Crippen molar-refractivity contribution < 1.29 is 4.79 Å². The molecular formula is C23H26N4O2. The lowest BCUT2D eigenvalue weighted by Gasteiger charge is -2.35. The van der Waals surface area contributed by atoms with Crippen molar-refractivity contribution in [3.63, 3.8) is 0 Å². The SMILES string of the molecule is CCN1CCN(c2ccc(NC(=O)c3cn(C)c4ccccc4c3=O)cc2)CC1. The number of carbonyl (C=O) groups excluding carboxylic acids is 1. The Morgan fingerprint density at radius 2 is 1.69 bits per heavy atom. The molecule has 4 rings (SSSR count). The van der Waals surface area contributed by atoms with Gasteiger partial charge in [0, 0.05) is 56.2 Å². The second-order valence-corrected chi connectivity index (χ2v) is 7.42. The molecule has 0 spiro atoms. The first-order valence-electron chi connectivity index (χ1n) is 10.0. The van der Waals surface area contributed by atoms with Gasteiger partial charge in [-0.2, -0.15) is 0 Å². The Morgan fingerprint density at radius 3 is 2.38 bits per heavy atom. The minimum atomic E-state index is -0.388. The second kappa shape index (κ2) is 8.09. The fourth-order valence-electron chi connectivity index (χ4n) is 3.88. The molecule has 1 aliphatic rings. The van der Waals surface area contributed by atoms with Gasteiger partial charge in [0.15, 0.2) is 0 Å². The summed E-state index contributed by atoms with van der Waals surface area (Å²) in [6.07, 6.45) is 1.60. The van der Waals surface area contributed by atoms with E-state index >= 15 is 0 Å². The van der Waals surface area contributed by atoms with Gasteiger partial charge in [-0.15, -0.1) is 0 Å². The number of piperazine rings is 1. The first kappa shape index (κ1) is 19.2. The molecule has 1 N–H and O–H groups in total. The molecule has 0 unspecified atom stereocenters. The highest BCUT2D eigenvalue weighted by Crippen LogP contribution is 2.20.